The van der Waals surface area contributed by atoms with Gasteiger partial charge in [-0.25, -0.2) is 15.1 Å². The van der Waals surface area contributed by atoms with E-state index in [1.807, 2.05) is 25.1 Å². The van der Waals surface area contributed by atoms with Crippen molar-refractivity contribution in [3.63, 3.8) is 0 Å². The van der Waals surface area contributed by atoms with Gasteiger partial charge in [-0.2, -0.15) is 8.42 Å². The van der Waals surface area contributed by atoms with Crippen LogP contribution < -0.4 is 10.5 Å². The molecule has 190 valence electrons. The standard InChI is InChI=1S/C24H25ClN4O5S2/c1-13(15-4-3-5-16(25)10-15)17-11-21(35-14(17)2)23(31)24-27-9-8-22(29-24)28-19-6-7-20(30)18(19)12-34-36(26,32)33/h3-5,8-11,18-20,30H,1,6-7,12H2,2H3,(H2,26,32,33)(H,27,28,29). The number of aryl methyl sites for hydroxylation is 1. The van der Waals surface area contributed by atoms with Crippen molar-refractivity contribution in [1.82, 2.24) is 9.97 Å². The fourth-order valence-corrected chi connectivity index (χ4v) is 5.72. The number of hydrogen-bond donors (Lipinski definition) is 3. The van der Waals surface area contributed by atoms with Crippen molar-refractivity contribution in [2.75, 3.05) is 11.9 Å². The van der Waals surface area contributed by atoms with Gasteiger partial charge in [-0.15, -0.1) is 11.3 Å². The quantitative estimate of drug-likeness (QED) is 0.344. The molecule has 0 amide bonds. The fraction of sp³-hybridized carbons (Fsp3) is 0.292. The van der Waals surface area contributed by atoms with Crippen LogP contribution in [0.1, 0.15) is 44.3 Å². The SMILES string of the molecule is C=C(c1cccc(Cl)c1)c1cc(C(=O)c2nccc(NC3CCC(O)C3COS(N)(=O)=O)n2)sc1C. The van der Waals surface area contributed by atoms with Gasteiger partial charge in [0.05, 0.1) is 17.6 Å². The normalized spacial score (nSPS) is 19.8. The summed E-state index contributed by atoms with van der Waals surface area (Å²) >= 11 is 7.44. The second-order valence-corrected chi connectivity index (χ2v) is 11.4. The van der Waals surface area contributed by atoms with Crippen LogP contribution >= 0.6 is 22.9 Å². The first kappa shape index (κ1) is 26.4. The largest absolute Gasteiger partial charge is 0.393 e. The third-order valence-corrected chi connectivity index (χ3v) is 7.79. The van der Waals surface area contributed by atoms with Crippen LogP contribution in [-0.4, -0.2) is 48.0 Å². The molecule has 0 bridgehead atoms. The number of rotatable bonds is 9. The van der Waals surface area contributed by atoms with Gasteiger partial charge in [0.15, 0.2) is 0 Å². The number of aromatic nitrogens is 2. The van der Waals surface area contributed by atoms with Crippen LogP contribution in [0.3, 0.4) is 0 Å². The summed E-state index contributed by atoms with van der Waals surface area (Å²) < 4.78 is 27.0. The Morgan fingerprint density at radius 2 is 2.11 bits per heavy atom. The van der Waals surface area contributed by atoms with Gasteiger partial charge in [-0.3, -0.25) is 8.98 Å². The number of halogens is 1. The lowest BCUT2D eigenvalue weighted by atomic mass is 10.00. The Balaban J connectivity index is 1.51. The molecule has 3 unspecified atom stereocenters. The zero-order chi connectivity index (χ0) is 26.0. The minimum Gasteiger partial charge on any atom is -0.393 e. The van der Waals surface area contributed by atoms with Crippen molar-refractivity contribution in [2.45, 2.75) is 31.9 Å². The molecule has 4 rings (SSSR count). The zero-order valence-electron chi connectivity index (χ0n) is 19.3. The summed E-state index contributed by atoms with van der Waals surface area (Å²) in [6, 6.07) is 10.4. The van der Waals surface area contributed by atoms with Gasteiger partial charge in [0.25, 0.3) is 0 Å². The van der Waals surface area contributed by atoms with E-state index in [1.54, 1.807) is 18.2 Å². The average Bonchev–Trinajstić information content (AvgIpc) is 3.38. The van der Waals surface area contributed by atoms with E-state index in [9.17, 15) is 18.3 Å². The predicted molar refractivity (Wildman–Crippen MR) is 139 cm³/mol. The maximum Gasteiger partial charge on any atom is 0.333 e. The number of aliphatic hydroxyl groups is 1. The molecule has 0 saturated heterocycles. The number of hydrogen-bond acceptors (Lipinski definition) is 9. The van der Waals surface area contributed by atoms with Gasteiger partial charge in [0, 0.05) is 28.1 Å². The van der Waals surface area contributed by atoms with Crippen LogP contribution in [0.25, 0.3) is 5.57 Å². The Bertz CT molecular complexity index is 1410. The van der Waals surface area contributed by atoms with Crippen molar-refractivity contribution in [3.05, 3.63) is 80.9 Å². The zero-order valence-corrected chi connectivity index (χ0v) is 21.7. The molecule has 3 aromatic rings. The number of nitrogens with one attached hydrogen (secondary N) is 1. The van der Waals surface area contributed by atoms with E-state index in [0.717, 1.165) is 21.6 Å². The number of thiophene rings is 1. The Morgan fingerprint density at radius 3 is 2.83 bits per heavy atom. The van der Waals surface area contributed by atoms with Crippen LogP contribution in [0.2, 0.25) is 5.02 Å². The van der Waals surface area contributed by atoms with Crippen LogP contribution in [-0.2, 0) is 14.5 Å². The van der Waals surface area contributed by atoms with Gasteiger partial charge in [-0.1, -0.05) is 30.3 Å². The number of carbonyl (C=O) groups excluding carboxylic acids is 1. The van der Waals surface area contributed by atoms with Crippen molar-refractivity contribution >= 4 is 50.4 Å². The van der Waals surface area contributed by atoms with Gasteiger partial charge in [-0.05, 0) is 60.7 Å². The Hall–Kier alpha value is -2.67. The third-order valence-electron chi connectivity index (χ3n) is 6.04. The molecule has 1 saturated carbocycles. The van der Waals surface area contributed by atoms with Gasteiger partial charge in [0.1, 0.15) is 5.82 Å². The van der Waals surface area contributed by atoms with E-state index in [4.69, 9.17) is 20.9 Å². The summed E-state index contributed by atoms with van der Waals surface area (Å²) in [4.78, 5) is 23.1. The Kier molecular flexibility index (Phi) is 7.88. The summed E-state index contributed by atoms with van der Waals surface area (Å²) in [7, 11) is -4.13. The lowest BCUT2D eigenvalue weighted by molar-refractivity contribution is 0.0970. The minimum atomic E-state index is -4.13. The number of anilines is 1. The van der Waals surface area contributed by atoms with Gasteiger partial charge >= 0.3 is 10.3 Å². The van der Waals surface area contributed by atoms with E-state index in [0.29, 0.717) is 28.6 Å². The summed E-state index contributed by atoms with van der Waals surface area (Å²) in [6.07, 6.45) is 1.73. The topological polar surface area (TPSA) is 144 Å². The van der Waals surface area contributed by atoms with Crippen molar-refractivity contribution in [3.8, 4) is 0 Å². The predicted octanol–water partition coefficient (Wildman–Crippen LogP) is 3.56. The summed E-state index contributed by atoms with van der Waals surface area (Å²) in [5.74, 6) is -0.461. The molecule has 12 heteroatoms. The molecule has 0 radical (unpaired) electrons. The van der Waals surface area contributed by atoms with E-state index in [-0.39, 0.29) is 24.3 Å². The fourth-order valence-electron chi connectivity index (χ4n) is 4.20. The van der Waals surface area contributed by atoms with Crippen molar-refractivity contribution in [2.24, 2.45) is 11.1 Å². The highest BCUT2D eigenvalue weighted by Crippen LogP contribution is 2.33. The van der Waals surface area contributed by atoms with Crippen LogP contribution in [0.4, 0.5) is 5.82 Å². The Morgan fingerprint density at radius 1 is 1.33 bits per heavy atom. The van der Waals surface area contributed by atoms with E-state index < -0.39 is 22.3 Å². The molecular weight excluding hydrogens is 524 g/mol. The Labute approximate surface area is 218 Å². The number of ketones is 1. The highest BCUT2D eigenvalue weighted by Gasteiger charge is 2.36. The maximum atomic E-state index is 13.2. The maximum absolute atomic E-state index is 13.2. The number of benzene rings is 1. The number of aliphatic hydroxyl groups excluding tert-OH is 1. The molecule has 1 fully saturated rings. The molecule has 1 aliphatic rings. The molecule has 0 aliphatic heterocycles. The molecule has 9 nitrogen and oxygen atoms in total. The highest BCUT2D eigenvalue weighted by molar-refractivity contribution is 7.84. The molecule has 36 heavy (non-hydrogen) atoms. The molecule has 2 heterocycles. The number of nitrogens with zero attached hydrogens (tertiary/aromatic N) is 2. The summed E-state index contributed by atoms with van der Waals surface area (Å²) in [6.45, 7) is 5.83. The molecule has 1 aliphatic carbocycles. The highest BCUT2D eigenvalue weighted by atomic mass is 35.5. The monoisotopic (exact) mass is 548 g/mol. The lowest BCUT2D eigenvalue weighted by Gasteiger charge is -2.22. The average molecular weight is 549 g/mol. The summed E-state index contributed by atoms with van der Waals surface area (Å²) in [5, 5.41) is 18.9. The second-order valence-electron chi connectivity index (χ2n) is 8.50. The third kappa shape index (κ3) is 6.17. The first-order chi connectivity index (χ1) is 17.0. The minimum absolute atomic E-state index is 0.0112. The second kappa shape index (κ2) is 10.8. The van der Waals surface area contributed by atoms with Crippen molar-refractivity contribution in [1.29, 1.82) is 0 Å². The van der Waals surface area contributed by atoms with Crippen LogP contribution in [0.5, 0.6) is 0 Å². The first-order valence-electron chi connectivity index (χ1n) is 11.1. The summed E-state index contributed by atoms with van der Waals surface area (Å²) in [5.41, 5.74) is 2.47. The lowest BCUT2D eigenvalue weighted by Crippen LogP contribution is -2.35. The molecular formula is C24H25ClN4O5S2. The van der Waals surface area contributed by atoms with E-state index in [2.05, 4.69) is 21.9 Å². The van der Waals surface area contributed by atoms with E-state index in [1.165, 1.54) is 17.5 Å². The molecule has 4 N–H and O–H groups in total. The molecule has 0 spiro atoms. The molecule has 3 atom stereocenters. The van der Waals surface area contributed by atoms with Crippen LogP contribution in [0, 0.1) is 12.8 Å². The number of carbonyl (C=O) groups is 1. The van der Waals surface area contributed by atoms with Gasteiger partial charge in [0.2, 0.25) is 11.6 Å². The van der Waals surface area contributed by atoms with E-state index >= 15 is 0 Å². The number of nitrogens with two attached hydrogens (primary N) is 1. The smallest absolute Gasteiger partial charge is 0.333 e. The van der Waals surface area contributed by atoms with Crippen molar-refractivity contribution < 1.29 is 22.5 Å². The first-order valence-corrected chi connectivity index (χ1v) is 13.7. The van der Waals surface area contributed by atoms with Crippen LogP contribution in [0.15, 0.2) is 49.2 Å². The molecule has 1 aromatic carbocycles. The molecule has 2 aromatic heterocycles. The van der Waals surface area contributed by atoms with Gasteiger partial charge < -0.3 is 10.4 Å².